The second kappa shape index (κ2) is 3.50. The third kappa shape index (κ3) is 2.03. The molecule has 0 saturated heterocycles. The standard InChI is InChI=1S/C7H10O4/c8-3-5-1-6(4-9)11-7(10)2-5/h2,6,8-9H,1,3-4H2/t6-/m0/s1. The maximum absolute atomic E-state index is 10.7. The number of carbonyl (C=O) groups excluding carboxylic acids is 1. The molecule has 0 aromatic carbocycles. The van der Waals surface area contributed by atoms with Crippen LogP contribution in [0.4, 0.5) is 0 Å². The Morgan fingerprint density at radius 1 is 1.64 bits per heavy atom. The van der Waals surface area contributed by atoms with Crippen molar-refractivity contribution in [1.82, 2.24) is 0 Å². The number of esters is 1. The van der Waals surface area contributed by atoms with Crippen LogP contribution in [0, 0.1) is 0 Å². The van der Waals surface area contributed by atoms with Crippen molar-refractivity contribution < 1.29 is 19.7 Å². The van der Waals surface area contributed by atoms with E-state index >= 15 is 0 Å². The van der Waals surface area contributed by atoms with Crippen LogP contribution in [0.1, 0.15) is 6.42 Å². The monoisotopic (exact) mass is 158 g/mol. The molecule has 0 aromatic rings. The number of rotatable bonds is 2. The lowest BCUT2D eigenvalue weighted by Gasteiger charge is -2.19. The van der Waals surface area contributed by atoms with Crippen molar-refractivity contribution in [3.05, 3.63) is 11.6 Å². The fourth-order valence-electron chi connectivity index (χ4n) is 0.970. The zero-order valence-corrected chi connectivity index (χ0v) is 5.99. The zero-order valence-electron chi connectivity index (χ0n) is 5.99. The average Bonchev–Trinajstić information content (AvgIpc) is 2.03. The zero-order chi connectivity index (χ0) is 8.27. The van der Waals surface area contributed by atoms with Gasteiger partial charge in [0, 0.05) is 12.5 Å². The van der Waals surface area contributed by atoms with Crippen LogP contribution in [0.5, 0.6) is 0 Å². The number of cyclic esters (lactones) is 1. The number of aliphatic hydroxyl groups excluding tert-OH is 2. The molecule has 0 bridgehead atoms. The van der Waals surface area contributed by atoms with Gasteiger partial charge in [-0.15, -0.1) is 0 Å². The lowest BCUT2D eigenvalue weighted by Crippen LogP contribution is -2.26. The molecule has 2 N–H and O–H groups in total. The lowest BCUT2D eigenvalue weighted by molar-refractivity contribution is -0.146. The van der Waals surface area contributed by atoms with E-state index < -0.39 is 12.1 Å². The van der Waals surface area contributed by atoms with Gasteiger partial charge in [-0.05, 0) is 5.57 Å². The van der Waals surface area contributed by atoms with Crippen LogP contribution in [0.2, 0.25) is 0 Å². The Kier molecular flexibility index (Phi) is 2.62. The summed E-state index contributed by atoms with van der Waals surface area (Å²) in [6.45, 7) is -0.339. The highest BCUT2D eigenvalue weighted by Crippen LogP contribution is 2.13. The van der Waals surface area contributed by atoms with Gasteiger partial charge in [-0.1, -0.05) is 0 Å². The molecule has 0 fully saturated rings. The molecular weight excluding hydrogens is 148 g/mol. The third-order valence-corrected chi connectivity index (χ3v) is 1.50. The highest BCUT2D eigenvalue weighted by atomic mass is 16.6. The first kappa shape index (κ1) is 8.23. The molecule has 0 aliphatic carbocycles. The predicted octanol–water partition coefficient (Wildman–Crippen LogP) is -0.787. The summed E-state index contributed by atoms with van der Waals surface area (Å²) in [6.07, 6.45) is 1.21. The van der Waals surface area contributed by atoms with E-state index in [4.69, 9.17) is 14.9 Å². The summed E-state index contributed by atoms with van der Waals surface area (Å²) in [7, 11) is 0. The van der Waals surface area contributed by atoms with Crippen LogP contribution < -0.4 is 0 Å². The van der Waals surface area contributed by atoms with E-state index in [0.717, 1.165) is 0 Å². The molecule has 1 heterocycles. The second-order valence-corrected chi connectivity index (χ2v) is 2.41. The van der Waals surface area contributed by atoms with Crippen LogP contribution in [0.3, 0.4) is 0 Å². The first-order valence-electron chi connectivity index (χ1n) is 3.38. The maximum atomic E-state index is 10.7. The molecule has 0 amide bonds. The molecular formula is C7H10O4. The number of carbonyl (C=O) groups is 1. The average molecular weight is 158 g/mol. The van der Waals surface area contributed by atoms with Crippen LogP contribution in [-0.4, -0.2) is 35.5 Å². The van der Waals surface area contributed by atoms with E-state index in [9.17, 15) is 4.79 Å². The van der Waals surface area contributed by atoms with Gasteiger partial charge < -0.3 is 14.9 Å². The Labute approximate surface area is 64.1 Å². The van der Waals surface area contributed by atoms with E-state index in [-0.39, 0.29) is 13.2 Å². The van der Waals surface area contributed by atoms with Crippen LogP contribution in [0.15, 0.2) is 11.6 Å². The minimum absolute atomic E-state index is 0.147. The van der Waals surface area contributed by atoms with Crippen molar-refractivity contribution >= 4 is 5.97 Å². The number of hydrogen-bond donors (Lipinski definition) is 2. The van der Waals surface area contributed by atoms with E-state index in [1.807, 2.05) is 0 Å². The molecule has 1 atom stereocenters. The summed E-state index contributed by atoms with van der Waals surface area (Å²) >= 11 is 0. The predicted molar refractivity (Wildman–Crippen MR) is 36.8 cm³/mol. The van der Waals surface area contributed by atoms with Gasteiger partial charge in [-0.2, -0.15) is 0 Å². The number of hydrogen-bond acceptors (Lipinski definition) is 4. The SMILES string of the molecule is O=C1C=C(CO)C[C@@H](CO)O1. The largest absolute Gasteiger partial charge is 0.456 e. The molecule has 1 aliphatic heterocycles. The van der Waals surface area contributed by atoms with E-state index in [1.165, 1.54) is 6.08 Å². The first-order valence-corrected chi connectivity index (χ1v) is 3.38. The summed E-state index contributed by atoms with van der Waals surface area (Å²) < 4.78 is 4.69. The Hall–Kier alpha value is -0.870. The highest BCUT2D eigenvalue weighted by Gasteiger charge is 2.19. The molecule has 62 valence electrons. The summed E-state index contributed by atoms with van der Waals surface area (Å²) in [5.41, 5.74) is 0.611. The van der Waals surface area contributed by atoms with Crippen molar-refractivity contribution in [2.24, 2.45) is 0 Å². The van der Waals surface area contributed by atoms with Crippen LogP contribution >= 0.6 is 0 Å². The molecule has 0 spiro atoms. The molecule has 0 unspecified atom stereocenters. The summed E-state index contributed by atoms with van der Waals surface area (Å²) in [6, 6.07) is 0. The third-order valence-electron chi connectivity index (χ3n) is 1.50. The van der Waals surface area contributed by atoms with Crippen LogP contribution in [-0.2, 0) is 9.53 Å². The van der Waals surface area contributed by atoms with Gasteiger partial charge in [0.05, 0.1) is 13.2 Å². The Balaban J connectivity index is 2.61. The second-order valence-electron chi connectivity index (χ2n) is 2.41. The van der Waals surface area contributed by atoms with E-state index in [0.29, 0.717) is 12.0 Å². The molecule has 0 aromatic heterocycles. The molecule has 1 aliphatic rings. The van der Waals surface area contributed by atoms with Crippen molar-refractivity contribution in [2.45, 2.75) is 12.5 Å². The highest BCUT2D eigenvalue weighted by molar-refractivity contribution is 5.83. The summed E-state index contributed by atoms with van der Waals surface area (Å²) in [4.78, 5) is 10.7. The minimum atomic E-state index is -0.487. The normalized spacial score (nSPS) is 24.4. The fourth-order valence-corrected chi connectivity index (χ4v) is 0.970. The summed E-state index contributed by atoms with van der Waals surface area (Å²) in [5.74, 6) is -0.487. The van der Waals surface area contributed by atoms with Gasteiger partial charge >= 0.3 is 5.97 Å². The Morgan fingerprint density at radius 2 is 2.36 bits per heavy atom. The molecule has 11 heavy (non-hydrogen) atoms. The maximum Gasteiger partial charge on any atom is 0.331 e. The van der Waals surface area contributed by atoms with Crippen LogP contribution in [0.25, 0.3) is 0 Å². The van der Waals surface area contributed by atoms with Crippen molar-refractivity contribution in [1.29, 1.82) is 0 Å². The first-order chi connectivity index (χ1) is 5.26. The van der Waals surface area contributed by atoms with Gasteiger partial charge in [-0.25, -0.2) is 4.79 Å². The van der Waals surface area contributed by atoms with E-state index in [2.05, 4.69) is 0 Å². The van der Waals surface area contributed by atoms with Gasteiger partial charge in [0.25, 0.3) is 0 Å². The molecule has 0 saturated carbocycles. The molecule has 4 heteroatoms. The van der Waals surface area contributed by atoms with Gasteiger partial charge in [0.1, 0.15) is 6.10 Å². The Bertz CT molecular complexity index is 185. The van der Waals surface area contributed by atoms with Gasteiger partial charge in [0.2, 0.25) is 0 Å². The smallest absolute Gasteiger partial charge is 0.331 e. The molecule has 1 rings (SSSR count). The molecule has 4 nitrogen and oxygen atoms in total. The summed E-state index contributed by atoms with van der Waals surface area (Å²) in [5, 5.41) is 17.3. The van der Waals surface area contributed by atoms with Crippen molar-refractivity contribution in [3.8, 4) is 0 Å². The topological polar surface area (TPSA) is 66.8 Å². The number of aliphatic hydroxyl groups is 2. The Morgan fingerprint density at radius 3 is 2.91 bits per heavy atom. The minimum Gasteiger partial charge on any atom is -0.456 e. The van der Waals surface area contributed by atoms with E-state index in [1.54, 1.807) is 0 Å². The van der Waals surface area contributed by atoms with Crippen molar-refractivity contribution in [3.63, 3.8) is 0 Å². The lowest BCUT2D eigenvalue weighted by atomic mass is 10.1. The van der Waals surface area contributed by atoms with Crippen molar-refractivity contribution in [2.75, 3.05) is 13.2 Å². The number of ether oxygens (including phenoxy) is 1. The van der Waals surface area contributed by atoms with Gasteiger partial charge in [-0.3, -0.25) is 0 Å². The molecule has 0 radical (unpaired) electrons. The quantitative estimate of drug-likeness (QED) is 0.517. The fraction of sp³-hybridized carbons (Fsp3) is 0.571. The van der Waals surface area contributed by atoms with Gasteiger partial charge in [0.15, 0.2) is 0 Å².